The van der Waals surface area contributed by atoms with Crippen molar-refractivity contribution in [2.24, 2.45) is 0 Å². The van der Waals surface area contributed by atoms with E-state index in [0.717, 1.165) is 59.3 Å². The third kappa shape index (κ3) is 4.23. The first-order valence-electron chi connectivity index (χ1n) is 9.81. The van der Waals surface area contributed by atoms with Crippen LogP contribution in [-0.2, 0) is 4.74 Å². The van der Waals surface area contributed by atoms with E-state index < -0.39 is 0 Å². The molecule has 0 unspecified atom stereocenters. The van der Waals surface area contributed by atoms with Gasteiger partial charge in [0.2, 0.25) is 0 Å². The number of nitrogens with zero attached hydrogens (tertiary/aromatic N) is 3. The quantitative estimate of drug-likeness (QED) is 0.790. The van der Waals surface area contributed by atoms with Crippen LogP contribution in [-0.4, -0.2) is 66.2 Å². The summed E-state index contributed by atoms with van der Waals surface area (Å²) in [5.41, 5.74) is 0.972. The molecule has 2 fully saturated rings. The number of fused-ring (bicyclic) bond motifs is 1. The summed E-state index contributed by atoms with van der Waals surface area (Å²) in [6.07, 6.45) is 6.50. The van der Waals surface area contributed by atoms with E-state index in [1.54, 1.807) is 6.33 Å². The first-order valence-corrected chi connectivity index (χ1v) is 10.6. The number of rotatable bonds is 6. The van der Waals surface area contributed by atoms with Crippen LogP contribution in [0.15, 0.2) is 6.33 Å². The van der Waals surface area contributed by atoms with Gasteiger partial charge in [0.25, 0.3) is 5.91 Å². The van der Waals surface area contributed by atoms with E-state index in [-0.39, 0.29) is 5.91 Å². The van der Waals surface area contributed by atoms with Crippen LogP contribution in [0.25, 0.3) is 10.2 Å². The number of aromatic nitrogens is 2. The van der Waals surface area contributed by atoms with Crippen molar-refractivity contribution >= 4 is 33.3 Å². The monoisotopic (exact) mass is 389 g/mol. The Morgan fingerprint density at radius 1 is 1.30 bits per heavy atom. The number of carbonyl (C=O) groups excluding carboxylic acids is 1. The molecular weight excluding hydrogens is 362 g/mol. The van der Waals surface area contributed by atoms with Gasteiger partial charge in [0.05, 0.1) is 23.5 Å². The van der Waals surface area contributed by atoms with Crippen LogP contribution < -0.4 is 10.6 Å². The minimum absolute atomic E-state index is 0.0180. The molecule has 146 valence electrons. The van der Waals surface area contributed by atoms with E-state index in [1.807, 2.05) is 6.92 Å². The molecule has 2 aromatic rings. The fourth-order valence-corrected chi connectivity index (χ4v) is 4.96. The summed E-state index contributed by atoms with van der Waals surface area (Å²) in [6.45, 7) is 6.92. The Hall–Kier alpha value is -1.77. The molecule has 0 bridgehead atoms. The number of hydrogen-bond acceptors (Lipinski definition) is 7. The molecule has 1 amide bonds. The second-order valence-corrected chi connectivity index (χ2v) is 8.29. The van der Waals surface area contributed by atoms with E-state index in [0.29, 0.717) is 12.6 Å². The zero-order valence-electron chi connectivity index (χ0n) is 15.8. The Labute approximate surface area is 163 Å². The topological polar surface area (TPSA) is 79.4 Å². The van der Waals surface area contributed by atoms with E-state index in [1.165, 1.54) is 37.0 Å². The van der Waals surface area contributed by atoms with Crippen LogP contribution in [0.1, 0.15) is 40.9 Å². The summed E-state index contributed by atoms with van der Waals surface area (Å²) in [5, 5.41) is 7.62. The first-order chi connectivity index (χ1) is 13.2. The Morgan fingerprint density at radius 2 is 2.07 bits per heavy atom. The number of nitrogens with one attached hydrogen (secondary N) is 2. The highest BCUT2D eigenvalue weighted by Crippen LogP contribution is 2.34. The zero-order chi connectivity index (χ0) is 18.6. The molecule has 2 aliphatic rings. The van der Waals surface area contributed by atoms with Crippen molar-refractivity contribution < 1.29 is 9.53 Å². The predicted octanol–water partition coefficient (Wildman–Crippen LogP) is 2.42. The molecule has 7 nitrogen and oxygen atoms in total. The number of hydrogen-bond donors (Lipinski definition) is 2. The van der Waals surface area contributed by atoms with Crippen molar-refractivity contribution in [2.45, 2.75) is 38.6 Å². The number of amides is 1. The number of carbonyl (C=O) groups is 1. The molecule has 3 heterocycles. The van der Waals surface area contributed by atoms with Gasteiger partial charge < -0.3 is 15.4 Å². The summed E-state index contributed by atoms with van der Waals surface area (Å²) in [7, 11) is 0. The van der Waals surface area contributed by atoms with Gasteiger partial charge in [-0.05, 0) is 25.3 Å². The smallest absolute Gasteiger partial charge is 0.261 e. The third-order valence-electron chi connectivity index (χ3n) is 5.45. The molecular formula is C19H27N5O2S. The van der Waals surface area contributed by atoms with Crippen molar-refractivity contribution in [1.29, 1.82) is 0 Å². The van der Waals surface area contributed by atoms with Gasteiger partial charge in [-0.15, -0.1) is 11.3 Å². The molecule has 0 atom stereocenters. The fraction of sp³-hybridized carbons (Fsp3) is 0.632. The summed E-state index contributed by atoms with van der Waals surface area (Å²) in [4.78, 5) is 25.5. The number of thiophene rings is 1. The van der Waals surface area contributed by atoms with Crippen molar-refractivity contribution in [3.05, 3.63) is 16.8 Å². The second kappa shape index (κ2) is 8.50. The zero-order valence-corrected chi connectivity index (χ0v) is 16.6. The summed E-state index contributed by atoms with van der Waals surface area (Å²) < 4.78 is 5.36. The van der Waals surface area contributed by atoms with Crippen molar-refractivity contribution in [1.82, 2.24) is 20.2 Å². The van der Waals surface area contributed by atoms with Crippen LogP contribution >= 0.6 is 11.3 Å². The molecule has 2 N–H and O–H groups in total. The average molecular weight is 390 g/mol. The predicted molar refractivity (Wildman–Crippen MR) is 108 cm³/mol. The second-order valence-electron chi connectivity index (χ2n) is 7.29. The Kier molecular flexibility index (Phi) is 5.85. The first kappa shape index (κ1) is 18.6. The van der Waals surface area contributed by atoms with Crippen LogP contribution in [0.3, 0.4) is 0 Å². The van der Waals surface area contributed by atoms with Crippen molar-refractivity contribution in [3.63, 3.8) is 0 Å². The highest BCUT2D eigenvalue weighted by molar-refractivity contribution is 7.20. The fourth-order valence-electron chi connectivity index (χ4n) is 3.89. The van der Waals surface area contributed by atoms with Gasteiger partial charge >= 0.3 is 0 Å². The molecule has 4 rings (SSSR count). The lowest BCUT2D eigenvalue weighted by Gasteiger charge is -2.26. The Morgan fingerprint density at radius 3 is 2.85 bits per heavy atom. The van der Waals surface area contributed by atoms with Gasteiger partial charge in [-0.25, -0.2) is 9.97 Å². The maximum absolute atomic E-state index is 12.7. The number of aryl methyl sites for hydroxylation is 1. The molecule has 1 saturated carbocycles. The summed E-state index contributed by atoms with van der Waals surface area (Å²) >= 11 is 1.45. The summed E-state index contributed by atoms with van der Waals surface area (Å²) in [6, 6.07) is 0.480. The molecule has 8 heteroatoms. The number of ether oxygens (including phenoxy) is 1. The Bertz CT molecular complexity index is 797. The molecule has 2 aromatic heterocycles. The molecule has 27 heavy (non-hydrogen) atoms. The molecule has 0 aromatic carbocycles. The largest absolute Gasteiger partial charge is 0.379 e. The Balaban J connectivity index is 1.44. The van der Waals surface area contributed by atoms with Crippen LogP contribution in [0, 0.1) is 6.92 Å². The molecule has 1 saturated heterocycles. The standard InChI is InChI=1S/C19H27N5O2S/c1-13-15-17(23-14-4-2-3-5-14)21-12-22-19(15)27-16(13)18(25)20-6-7-24-8-10-26-11-9-24/h12,14H,2-11H2,1H3,(H,20,25)(H,21,22,23). The number of morpholine rings is 1. The minimum atomic E-state index is -0.0180. The minimum Gasteiger partial charge on any atom is -0.379 e. The van der Waals surface area contributed by atoms with Gasteiger partial charge in [-0.3, -0.25) is 9.69 Å². The maximum atomic E-state index is 12.7. The van der Waals surface area contributed by atoms with Crippen molar-refractivity contribution in [2.75, 3.05) is 44.7 Å². The molecule has 1 aliphatic carbocycles. The van der Waals surface area contributed by atoms with Crippen LogP contribution in [0.2, 0.25) is 0 Å². The van der Waals surface area contributed by atoms with E-state index in [9.17, 15) is 4.79 Å². The van der Waals surface area contributed by atoms with E-state index in [2.05, 4.69) is 25.5 Å². The number of anilines is 1. The highest BCUT2D eigenvalue weighted by Gasteiger charge is 2.22. The lowest BCUT2D eigenvalue weighted by atomic mass is 10.1. The SMILES string of the molecule is Cc1c(C(=O)NCCN2CCOCC2)sc2ncnc(NC3CCCC3)c12. The van der Waals surface area contributed by atoms with Crippen LogP contribution in [0.5, 0.6) is 0 Å². The van der Waals surface area contributed by atoms with Gasteiger partial charge in [0, 0.05) is 32.2 Å². The van der Waals surface area contributed by atoms with Gasteiger partial charge in [-0.2, -0.15) is 0 Å². The summed E-state index contributed by atoms with van der Waals surface area (Å²) in [5.74, 6) is 0.851. The highest BCUT2D eigenvalue weighted by atomic mass is 32.1. The molecule has 0 spiro atoms. The van der Waals surface area contributed by atoms with Gasteiger partial charge in [0.1, 0.15) is 17.0 Å². The van der Waals surface area contributed by atoms with Crippen molar-refractivity contribution in [3.8, 4) is 0 Å². The van der Waals surface area contributed by atoms with E-state index in [4.69, 9.17) is 4.74 Å². The maximum Gasteiger partial charge on any atom is 0.261 e. The lowest BCUT2D eigenvalue weighted by Crippen LogP contribution is -2.41. The van der Waals surface area contributed by atoms with Crippen LogP contribution in [0.4, 0.5) is 5.82 Å². The normalized spacial score (nSPS) is 18.9. The lowest BCUT2D eigenvalue weighted by molar-refractivity contribution is 0.0383. The molecule has 0 radical (unpaired) electrons. The molecule has 1 aliphatic heterocycles. The van der Waals surface area contributed by atoms with Gasteiger partial charge in [-0.1, -0.05) is 12.8 Å². The van der Waals surface area contributed by atoms with Gasteiger partial charge in [0.15, 0.2) is 0 Å². The average Bonchev–Trinajstić information content (AvgIpc) is 3.31. The van der Waals surface area contributed by atoms with E-state index >= 15 is 0 Å². The third-order valence-corrected chi connectivity index (χ3v) is 6.64.